The lowest BCUT2D eigenvalue weighted by Crippen LogP contribution is -2.53. The fourth-order valence-corrected chi connectivity index (χ4v) is 6.22. The molecule has 0 aliphatic heterocycles. The van der Waals surface area contributed by atoms with Crippen molar-refractivity contribution >= 4 is 5.91 Å². The van der Waals surface area contributed by atoms with E-state index in [4.69, 9.17) is 0 Å². The Morgan fingerprint density at radius 3 is 2.67 bits per heavy atom. The number of fused-ring (bicyclic) bond motifs is 3. The zero-order valence-corrected chi connectivity index (χ0v) is 18.7. The number of pyridine rings is 1. The number of aryl methyl sites for hydroxylation is 1. The number of nitrogens with one attached hydrogen (secondary N) is 1. The Hall–Kier alpha value is -2.36. The molecule has 2 aromatic rings. The van der Waals surface area contributed by atoms with E-state index >= 15 is 0 Å². The van der Waals surface area contributed by atoms with Crippen LogP contribution in [0, 0.1) is 11.3 Å². The van der Waals surface area contributed by atoms with Gasteiger partial charge in [-0.25, -0.2) is 0 Å². The first-order valence-electron chi connectivity index (χ1n) is 11.3. The van der Waals surface area contributed by atoms with Crippen LogP contribution in [0.1, 0.15) is 86.3 Å². The number of rotatable bonds is 4. The highest BCUT2D eigenvalue weighted by atomic mass is 16.3. The van der Waals surface area contributed by atoms with Crippen LogP contribution < -0.4 is 5.32 Å². The van der Waals surface area contributed by atoms with Crippen molar-refractivity contribution in [3.63, 3.8) is 0 Å². The molecular formula is C26H34N2O2. The van der Waals surface area contributed by atoms with E-state index in [0.29, 0.717) is 29.7 Å². The fourth-order valence-electron chi connectivity index (χ4n) is 6.22. The summed E-state index contributed by atoms with van der Waals surface area (Å²) in [6, 6.07) is 7.81. The Bertz CT molecular complexity index is 940. The maximum Gasteiger partial charge on any atom is 0.251 e. The lowest BCUT2D eigenvalue weighted by Gasteiger charge is -2.55. The van der Waals surface area contributed by atoms with Crippen LogP contribution in [-0.2, 0) is 11.8 Å². The number of carbonyl (C=O) groups is 1. The van der Waals surface area contributed by atoms with Gasteiger partial charge < -0.3 is 10.4 Å². The first-order valence-corrected chi connectivity index (χ1v) is 11.3. The third kappa shape index (κ3) is 3.51. The minimum Gasteiger partial charge on any atom is -0.508 e. The molecule has 1 heterocycles. The molecule has 4 rings (SSSR count). The summed E-state index contributed by atoms with van der Waals surface area (Å²) < 4.78 is 0. The van der Waals surface area contributed by atoms with E-state index in [0.717, 1.165) is 37.7 Å². The van der Waals surface area contributed by atoms with Crippen LogP contribution in [-0.4, -0.2) is 22.5 Å². The molecule has 4 nitrogen and oxygen atoms in total. The summed E-state index contributed by atoms with van der Waals surface area (Å²) >= 11 is 0. The topological polar surface area (TPSA) is 62.2 Å². The highest BCUT2D eigenvalue weighted by Gasteiger charge is 2.51. The third-order valence-corrected chi connectivity index (χ3v) is 7.84. The summed E-state index contributed by atoms with van der Waals surface area (Å²) in [7, 11) is 0. The molecule has 0 saturated heterocycles. The lowest BCUT2D eigenvalue weighted by atomic mass is 9.49. The number of amides is 1. The quantitative estimate of drug-likeness (QED) is 0.719. The van der Waals surface area contributed by atoms with E-state index in [2.05, 4.69) is 50.1 Å². The van der Waals surface area contributed by atoms with Crippen LogP contribution in [0.2, 0.25) is 0 Å². The zero-order valence-electron chi connectivity index (χ0n) is 18.7. The molecule has 1 fully saturated rings. The smallest absolute Gasteiger partial charge is 0.251 e. The van der Waals surface area contributed by atoms with E-state index in [9.17, 15) is 9.90 Å². The van der Waals surface area contributed by atoms with Gasteiger partial charge in [-0.2, -0.15) is 0 Å². The number of aromatic nitrogens is 1. The maximum absolute atomic E-state index is 12.6. The average molecular weight is 407 g/mol. The van der Waals surface area contributed by atoms with Crippen molar-refractivity contribution in [2.24, 2.45) is 11.3 Å². The normalized spacial score (nSPS) is 28.0. The molecule has 2 aliphatic rings. The van der Waals surface area contributed by atoms with Crippen molar-refractivity contribution in [3.8, 4) is 5.75 Å². The van der Waals surface area contributed by atoms with Crippen molar-refractivity contribution in [3.05, 3.63) is 58.9 Å². The Morgan fingerprint density at radius 2 is 1.97 bits per heavy atom. The number of phenols is 1. The van der Waals surface area contributed by atoms with Crippen molar-refractivity contribution in [2.45, 2.75) is 71.1 Å². The number of benzene rings is 1. The third-order valence-electron chi connectivity index (χ3n) is 7.84. The van der Waals surface area contributed by atoms with Crippen LogP contribution in [0.3, 0.4) is 0 Å². The van der Waals surface area contributed by atoms with Crippen LogP contribution in [0.15, 0.2) is 36.7 Å². The van der Waals surface area contributed by atoms with Gasteiger partial charge in [0.1, 0.15) is 5.75 Å². The summed E-state index contributed by atoms with van der Waals surface area (Å²) in [6.07, 6.45) is 8.89. The predicted molar refractivity (Wildman–Crippen MR) is 120 cm³/mol. The van der Waals surface area contributed by atoms with Crippen molar-refractivity contribution < 1.29 is 9.90 Å². The standard InChI is InChI=1S/C26H34N2O2/c1-17(2)20-14-19-6-7-23-25(3,16-28-24(30)18-8-12-27-13-9-18)10-5-11-26(23,4)21(19)15-22(20)29/h8-9,12-15,17,23,29H,5-7,10-11,16H2,1-4H3,(H,28,30)/t23-,25-,26+/m0/s1. The number of hydrogen-bond acceptors (Lipinski definition) is 3. The monoisotopic (exact) mass is 406 g/mol. The van der Waals surface area contributed by atoms with Crippen molar-refractivity contribution in [1.29, 1.82) is 0 Å². The van der Waals surface area contributed by atoms with Crippen LogP contribution in [0.4, 0.5) is 0 Å². The minimum atomic E-state index is -0.0265. The molecule has 2 aliphatic carbocycles. The SMILES string of the molecule is CC(C)c1cc2c(cc1O)[C@@]1(C)CCC[C@@](C)(CNC(=O)c3ccncc3)[C@@H]1CC2. The van der Waals surface area contributed by atoms with E-state index in [-0.39, 0.29) is 16.7 Å². The predicted octanol–water partition coefficient (Wildman–Crippen LogP) is 5.35. The molecular weight excluding hydrogens is 372 g/mol. The molecule has 3 atom stereocenters. The van der Waals surface area contributed by atoms with Gasteiger partial charge in [-0.3, -0.25) is 9.78 Å². The number of carbonyl (C=O) groups excluding carboxylic acids is 1. The van der Waals surface area contributed by atoms with Crippen molar-refractivity contribution in [1.82, 2.24) is 10.3 Å². The molecule has 0 radical (unpaired) electrons. The molecule has 4 heteroatoms. The van der Waals surface area contributed by atoms with E-state index in [1.54, 1.807) is 24.5 Å². The van der Waals surface area contributed by atoms with Gasteiger partial charge >= 0.3 is 0 Å². The summed E-state index contributed by atoms with van der Waals surface area (Å²) in [4.78, 5) is 16.6. The van der Waals surface area contributed by atoms with Gasteiger partial charge in [-0.05, 0) is 83.2 Å². The van der Waals surface area contributed by atoms with Gasteiger partial charge in [-0.1, -0.05) is 40.2 Å². The second kappa shape index (κ2) is 7.72. The number of hydrogen-bond donors (Lipinski definition) is 2. The van der Waals surface area contributed by atoms with Gasteiger partial charge in [0, 0.05) is 24.5 Å². The number of aromatic hydroxyl groups is 1. The van der Waals surface area contributed by atoms with Gasteiger partial charge in [0.25, 0.3) is 5.91 Å². The Balaban J connectivity index is 1.60. The van der Waals surface area contributed by atoms with Crippen LogP contribution in [0.5, 0.6) is 5.75 Å². The largest absolute Gasteiger partial charge is 0.508 e. The van der Waals surface area contributed by atoms with Gasteiger partial charge in [-0.15, -0.1) is 0 Å². The maximum atomic E-state index is 12.6. The number of phenolic OH excluding ortho intramolecular Hbond substituents is 1. The molecule has 30 heavy (non-hydrogen) atoms. The zero-order chi connectivity index (χ0) is 21.5. The second-order valence-corrected chi connectivity index (χ2v) is 10.2. The molecule has 1 saturated carbocycles. The lowest BCUT2D eigenvalue weighted by molar-refractivity contribution is 0.0253. The molecule has 1 aromatic carbocycles. The van der Waals surface area contributed by atoms with Crippen LogP contribution in [0.25, 0.3) is 0 Å². The van der Waals surface area contributed by atoms with Crippen LogP contribution >= 0.6 is 0 Å². The first kappa shape index (κ1) is 20.9. The van der Waals surface area contributed by atoms with Gasteiger partial charge in [0.15, 0.2) is 0 Å². The first-order chi connectivity index (χ1) is 14.2. The summed E-state index contributed by atoms with van der Waals surface area (Å²) in [5.74, 6) is 1.21. The van der Waals surface area contributed by atoms with Gasteiger partial charge in [0.05, 0.1) is 0 Å². The highest BCUT2D eigenvalue weighted by Crippen LogP contribution is 2.57. The molecule has 2 N–H and O–H groups in total. The van der Waals surface area contributed by atoms with E-state index < -0.39 is 0 Å². The van der Waals surface area contributed by atoms with Gasteiger partial charge in [0.2, 0.25) is 0 Å². The average Bonchev–Trinajstić information content (AvgIpc) is 2.72. The molecule has 0 bridgehead atoms. The second-order valence-electron chi connectivity index (χ2n) is 10.2. The fraction of sp³-hybridized carbons (Fsp3) is 0.538. The summed E-state index contributed by atoms with van der Waals surface area (Å²) in [5.41, 5.74) is 4.52. The molecule has 0 spiro atoms. The molecule has 1 amide bonds. The van der Waals surface area contributed by atoms with E-state index in [1.165, 1.54) is 11.1 Å². The Labute approximate surface area is 180 Å². The molecule has 1 aromatic heterocycles. The summed E-state index contributed by atoms with van der Waals surface area (Å²) in [5, 5.41) is 13.9. The number of nitrogens with zero attached hydrogens (tertiary/aromatic N) is 1. The highest BCUT2D eigenvalue weighted by molar-refractivity contribution is 5.93. The minimum absolute atomic E-state index is 0.0265. The van der Waals surface area contributed by atoms with Crippen molar-refractivity contribution in [2.75, 3.05) is 6.54 Å². The Morgan fingerprint density at radius 1 is 1.23 bits per heavy atom. The van der Waals surface area contributed by atoms with E-state index in [1.807, 2.05) is 0 Å². The molecule has 0 unspecified atom stereocenters. The summed E-state index contributed by atoms with van der Waals surface area (Å²) in [6.45, 7) is 9.68. The Kier molecular flexibility index (Phi) is 5.37. The molecule has 160 valence electrons.